The molecule has 4 heteroatoms. The van der Waals surface area contributed by atoms with E-state index in [0.717, 1.165) is 25.9 Å². The molecule has 1 aliphatic carbocycles. The lowest BCUT2D eigenvalue weighted by molar-refractivity contribution is -0.142. The molecule has 0 aromatic heterocycles. The Hall–Kier alpha value is -0.610. The molecule has 1 heterocycles. The Bertz CT molecular complexity index is 259. The Morgan fingerprint density at radius 3 is 2.50 bits per heavy atom. The molecule has 0 radical (unpaired) electrons. The lowest BCUT2D eigenvalue weighted by Crippen LogP contribution is -2.54. The van der Waals surface area contributed by atoms with Gasteiger partial charge in [-0.1, -0.05) is 0 Å². The molecule has 0 aromatic rings. The van der Waals surface area contributed by atoms with Crippen molar-refractivity contribution in [3.05, 3.63) is 0 Å². The number of ether oxygens (including phenoxy) is 1. The Labute approximate surface area is 96.6 Å². The summed E-state index contributed by atoms with van der Waals surface area (Å²) in [6.45, 7) is 2.63. The third-order valence-electron chi connectivity index (χ3n) is 3.92. The fourth-order valence-corrected chi connectivity index (χ4v) is 3.07. The van der Waals surface area contributed by atoms with Crippen LogP contribution in [0.4, 0.5) is 0 Å². The summed E-state index contributed by atoms with van der Waals surface area (Å²) in [6, 6.07) is 0. The second kappa shape index (κ2) is 4.72. The Morgan fingerprint density at radius 2 is 2.06 bits per heavy atom. The SMILES string of the molecule is COCC(CC(=O)O)(C1CC1)N1CCCC1. The fourth-order valence-electron chi connectivity index (χ4n) is 3.07. The highest BCUT2D eigenvalue weighted by atomic mass is 16.5. The van der Waals surface area contributed by atoms with Crippen molar-refractivity contribution in [1.82, 2.24) is 4.90 Å². The van der Waals surface area contributed by atoms with Gasteiger partial charge in [-0.3, -0.25) is 9.69 Å². The molecule has 0 spiro atoms. The molecule has 2 aliphatic rings. The maximum absolute atomic E-state index is 11.1. The monoisotopic (exact) mass is 227 g/mol. The molecule has 4 nitrogen and oxygen atoms in total. The lowest BCUT2D eigenvalue weighted by atomic mass is 9.88. The van der Waals surface area contributed by atoms with Crippen molar-refractivity contribution in [3.63, 3.8) is 0 Å². The number of methoxy groups -OCH3 is 1. The first kappa shape index (κ1) is 11.9. The van der Waals surface area contributed by atoms with Gasteiger partial charge in [0.15, 0.2) is 0 Å². The van der Waals surface area contributed by atoms with Crippen LogP contribution in [-0.4, -0.2) is 48.3 Å². The Kier molecular flexibility index (Phi) is 3.50. The predicted molar refractivity (Wildman–Crippen MR) is 60.4 cm³/mol. The molecular formula is C12H21NO3. The zero-order valence-corrected chi connectivity index (χ0v) is 9.95. The van der Waals surface area contributed by atoms with E-state index in [1.165, 1.54) is 12.8 Å². The van der Waals surface area contributed by atoms with Gasteiger partial charge in [0.25, 0.3) is 0 Å². The van der Waals surface area contributed by atoms with Gasteiger partial charge in [0.1, 0.15) is 0 Å². The van der Waals surface area contributed by atoms with E-state index >= 15 is 0 Å². The third-order valence-corrected chi connectivity index (χ3v) is 3.92. The average Bonchev–Trinajstić information content (AvgIpc) is 2.93. The first-order valence-electron chi connectivity index (χ1n) is 6.15. The van der Waals surface area contributed by atoms with E-state index in [-0.39, 0.29) is 12.0 Å². The summed E-state index contributed by atoms with van der Waals surface area (Å²) < 4.78 is 5.32. The fraction of sp³-hybridized carbons (Fsp3) is 0.917. The van der Waals surface area contributed by atoms with Crippen LogP contribution in [0.1, 0.15) is 32.1 Å². The van der Waals surface area contributed by atoms with Crippen molar-refractivity contribution >= 4 is 5.97 Å². The van der Waals surface area contributed by atoms with Crippen LogP contribution in [0.2, 0.25) is 0 Å². The van der Waals surface area contributed by atoms with E-state index in [1.54, 1.807) is 7.11 Å². The van der Waals surface area contributed by atoms with Crippen LogP contribution in [0.3, 0.4) is 0 Å². The Balaban J connectivity index is 2.15. The number of nitrogens with zero attached hydrogens (tertiary/aromatic N) is 1. The number of aliphatic carboxylic acids is 1. The van der Waals surface area contributed by atoms with Crippen LogP contribution in [-0.2, 0) is 9.53 Å². The van der Waals surface area contributed by atoms with Crippen LogP contribution >= 0.6 is 0 Å². The summed E-state index contributed by atoms with van der Waals surface area (Å²) >= 11 is 0. The number of carboxylic acid groups (broad SMARTS) is 1. The van der Waals surface area contributed by atoms with Gasteiger partial charge in [-0.25, -0.2) is 0 Å². The molecule has 1 unspecified atom stereocenters. The van der Waals surface area contributed by atoms with Gasteiger partial charge in [0.2, 0.25) is 0 Å². The van der Waals surface area contributed by atoms with Crippen LogP contribution in [0.15, 0.2) is 0 Å². The average molecular weight is 227 g/mol. The highest BCUT2D eigenvalue weighted by Crippen LogP contribution is 2.46. The van der Waals surface area contributed by atoms with Crippen molar-refractivity contribution in [2.45, 2.75) is 37.6 Å². The van der Waals surface area contributed by atoms with Crippen LogP contribution in [0, 0.1) is 5.92 Å². The summed E-state index contributed by atoms with van der Waals surface area (Å²) in [5, 5.41) is 9.13. The number of likely N-dealkylation sites (tertiary alicyclic amines) is 1. The molecule has 0 amide bonds. The van der Waals surface area contributed by atoms with Gasteiger partial charge in [-0.2, -0.15) is 0 Å². The zero-order chi connectivity index (χ0) is 11.6. The number of carboxylic acids is 1. The van der Waals surface area contributed by atoms with Crippen LogP contribution in [0.25, 0.3) is 0 Å². The first-order valence-corrected chi connectivity index (χ1v) is 6.15. The molecular weight excluding hydrogens is 206 g/mol. The smallest absolute Gasteiger partial charge is 0.305 e. The first-order chi connectivity index (χ1) is 7.69. The topological polar surface area (TPSA) is 49.8 Å². The molecule has 1 saturated heterocycles. The molecule has 0 bridgehead atoms. The minimum Gasteiger partial charge on any atom is -0.481 e. The molecule has 2 fully saturated rings. The van der Waals surface area contributed by atoms with Gasteiger partial charge in [0.05, 0.1) is 18.6 Å². The zero-order valence-electron chi connectivity index (χ0n) is 9.95. The van der Waals surface area contributed by atoms with Crippen molar-refractivity contribution in [2.24, 2.45) is 5.92 Å². The second-order valence-electron chi connectivity index (χ2n) is 5.08. The van der Waals surface area contributed by atoms with E-state index < -0.39 is 5.97 Å². The maximum Gasteiger partial charge on any atom is 0.305 e. The van der Waals surface area contributed by atoms with Crippen molar-refractivity contribution in [2.75, 3.05) is 26.8 Å². The number of hydrogen-bond donors (Lipinski definition) is 1. The van der Waals surface area contributed by atoms with E-state index in [0.29, 0.717) is 12.5 Å². The minimum atomic E-state index is -0.698. The van der Waals surface area contributed by atoms with Crippen molar-refractivity contribution < 1.29 is 14.6 Å². The molecule has 1 saturated carbocycles. The lowest BCUT2D eigenvalue weighted by Gasteiger charge is -2.41. The molecule has 0 aromatic carbocycles. The normalized spacial score (nSPS) is 25.6. The summed E-state index contributed by atoms with van der Waals surface area (Å²) in [5.74, 6) is -0.169. The summed E-state index contributed by atoms with van der Waals surface area (Å²) in [6.07, 6.45) is 4.93. The van der Waals surface area contributed by atoms with Crippen molar-refractivity contribution in [3.8, 4) is 0 Å². The van der Waals surface area contributed by atoms with E-state index in [9.17, 15) is 4.79 Å². The number of carbonyl (C=O) groups is 1. The third kappa shape index (κ3) is 2.23. The van der Waals surface area contributed by atoms with Crippen molar-refractivity contribution in [1.29, 1.82) is 0 Å². The molecule has 1 N–H and O–H groups in total. The number of hydrogen-bond acceptors (Lipinski definition) is 3. The minimum absolute atomic E-state index is 0.225. The number of rotatable bonds is 6. The van der Waals surface area contributed by atoms with Gasteiger partial charge < -0.3 is 9.84 Å². The summed E-state index contributed by atoms with van der Waals surface area (Å²) in [7, 11) is 1.68. The van der Waals surface area contributed by atoms with Gasteiger partial charge in [-0.05, 0) is 44.7 Å². The molecule has 1 aliphatic heterocycles. The standard InChI is InChI=1S/C12H21NO3/c1-16-9-12(8-11(14)15,10-4-5-10)13-6-2-3-7-13/h10H,2-9H2,1H3,(H,14,15). The molecule has 1 atom stereocenters. The van der Waals surface area contributed by atoms with E-state index in [1.807, 2.05) is 0 Å². The maximum atomic E-state index is 11.1. The highest BCUT2D eigenvalue weighted by molar-refractivity contribution is 5.68. The summed E-state index contributed by atoms with van der Waals surface area (Å²) in [4.78, 5) is 13.5. The Morgan fingerprint density at radius 1 is 1.44 bits per heavy atom. The quantitative estimate of drug-likeness (QED) is 0.744. The van der Waals surface area contributed by atoms with Crippen LogP contribution < -0.4 is 0 Å². The van der Waals surface area contributed by atoms with Crippen LogP contribution in [0.5, 0.6) is 0 Å². The molecule has 2 rings (SSSR count). The molecule has 16 heavy (non-hydrogen) atoms. The van der Waals surface area contributed by atoms with Gasteiger partial charge in [-0.15, -0.1) is 0 Å². The largest absolute Gasteiger partial charge is 0.481 e. The van der Waals surface area contributed by atoms with E-state index in [4.69, 9.17) is 9.84 Å². The van der Waals surface area contributed by atoms with E-state index in [2.05, 4.69) is 4.90 Å². The second-order valence-corrected chi connectivity index (χ2v) is 5.08. The van der Waals surface area contributed by atoms with Gasteiger partial charge >= 0.3 is 5.97 Å². The van der Waals surface area contributed by atoms with Gasteiger partial charge in [0, 0.05) is 7.11 Å². The molecule has 92 valence electrons. The predicted octanol–water partition coefficient (Wildman–Crippen LogP) is 1.35. The highest BCUT2D eigenvalue weighted by Gasteiger charge is 2.51. The summed E-state index contributed by atoms with van der Waals surface area (Å²) in [5.41, 5.74) is -0.225.